The summed E-state index contributed by atoms with van der Waals surface area (Å²) < 4.78 is 41.0. The van der Waals surface area contributed by atoms with Gasteiger partial charge in [0.05, 0.1) is 5.70 Å². The monoisotopic (exact) mass is 714 g/mol. The lowest BCUT2D eigenvalue weighted by Crippen LogP contribution is -2.74. The van der Waals surface area contributed by atoms with Crippen LogP contribution in [0, 0.1) is 5.41 Å². The number of rotatable bonds is 10. The summed E-state index contributed by atoms with van der Waals surface area (Å²) in [5.41, 5.74) is 0.654. The van der Waals surface area contributed by atoms with Crippen LogP contribution >= 0.6 is 11.8 Å². The topological polar surface area (TPSA) is 138 Å². The van der Waals surface area contributed by atoms with Crippen molar-refractivity contribution in [3.63, 3.8) is 0 Å². The maximum Gasteiger partial charge on any atom is 0.336 e. The summed E-state index contributed by atoms with van der Waals surface area (Å²) in [7, 11) is -1.58. The van der Waals surface area contributed by atoms with E-state index in [1.54, 1.807) is 59.0 Å². The van der Waals surface area contributed by atoms with Gasteiger partial charge in [-0.05, 0) is 29.2 Å². The Hall–Kier alpha value is -4.59. The molecule has 0 radical (unpaired) electrons. The molecular weight excluding hydrogens is 677 g/mol. The Bertz CT molecular complexity index is 2090. The van der Waals surface area contributed by atoms with Crippen molar-refractivity contribution in [1.82, 2.24) is 19.7 Å². The average molecular weight is 715 g/mol. The molecule has 0 aliphatic carbocycles. The third-order valence-electron chi connectivity index (χ3n) is 8.96. The molecule has 3 heterocycles. The summed E-state index contributed by atoms with van der Waals surface area (Å²) in [5.74, 6) is -1.27. The summed E-state index contributed by atoms with van der Waals surface area (Å²) >= 11 is 0.810. The van der Waals surface area contributed by atoms with Gasteiger partial charge in [0.1, 0.15) is 0 Å². The van der Waals surface area contributed by atoms with Crippen LogP contribution in [-0.4, -0.2) is 62.4 Å². The van der Waals surface area contributed by atoms with Gasteiger partial charge in [-0.25, -0.2) is 13.1 Å². The lowest BCUT2D eigenvalue weighted by molar-refractivity contribution is -0.161. The number of hydrogen-bond donors (Lipinski definition) is 0. The predicted molar refractivity (Wildman–Crippen MR) is 189 cm³/mol. The van der Waals surface area contributed by atoms with Gasteiger partial charge in [-0.15, -0.1) is 5.10 Å². The quantitative estimate of drug-likeness (QED) is 0.209. The number of β-lactam (4-membered cyclic amide) rings is 1. The molecular formula is C37H38N4O7S2. The van der Waals surface area contributed by atoms with Crippen molar-refractivity contribution in [2.75, 3.05) is 7.11 Å². The second kappa shape index (κ2) is 13.3. The van der Waals surface area contributed by atoms with E-state index in [0.29, 0.717) is 5.56 Å². The van der Waals surface area contributed by atoms with Crippen LogP contribution < -0.4 is 10.3 Å². The fraction of sp³-hybridized carbons (Fsp3) is 0.324. The minimum absolute atomic E-state index is 0.00512. The van der Waals surface area contributed by atoms with E-state index in [9.17, 15) is 22.8 Å². The van der Waals surface area contributed by atoms with Gasteiger partial charge in [0.15, 0.2) is 42.4 Å². The number of carbonyl (C=O) groups is 2. The first-order valence-corrected chi connectivity index (χ1v) is 18.4. The first-order chi connectivity index (χ1) is 23.7. The molecule has 0 N–H and O–H groups in total. The average Bonchev–Trinajstić information content (AvgIpc) is 3.09. The number of methoxy groups -OCH3 is 1. The smallest absolute Gasteiger partial charge is 0.336 e. The molecule has 260 valence electrons. The minimum Gasteiger partial charge on any atom is -0.460 e. The summed E-state index contributed by atoms with van der Waals surface area (Å²) in [4.78, 5) is 46.5. The summed E-state index contributed by atoms with van der Waals surface area (Å²) in [6.07, 6.45) is -2.09. The number of Topliss-reactive ketones (excluding diaryl/α,β-unsaturated/α-hetero) is 1. The molecule has 6 rings (SSSR count). The summed E-state index contributed by atoms with van der Waals surface area (Å²) in [6.45, 7) is 6.70. The minimum atomic E-state index is -4.39. The van der Waals surface area contributed by atoms with E-state index in [0.717, 1.165) is 27.8 Å². The molecule has 1 fully saturated rings. The highest BCUT2D eigenvalue weighted by Crippen LogP contribution is 2.55. The molecule has 0 bridgehead atoms. The number of benzene rings is 3. The standard InChI is InChI=1S/C37H38N4O7S2/c1-23-27(30(42)36(2,3)4)41-33(44)29(47-6)34(41)50(45,46)37(23,22-24-16-10-7-11-17-24)49-35-38-31(43)32(39-40(35)5)48-28(25-18-12-8-13-19-25)26-20-14-9-15-21-26/h7-21,28-29,34H,22H2,1-6H3/t29-,34-,37?/m0/s1. The Morgan fingerprint density at radius 1 is 0.940 bits per heavy atom. The molecule has 0 saturated carbocycles. The number of nitrogens with zero attached hydrogens (tertiary/aromatic N) is 4. The molecule has 0 spiro atoms. The molecule has 50 heavy (non-hydrogen) atoms. The van der Waals surface area contributed by atoms with Gasteiger partial charge in [-0.2, -0.15) is 4.98 Å². The Kier molecular flexibility index (Phi) is 9.35. The number of ether oxygens (including phenoxy) is 2. The highest BCUT2D eigenvalue weighted by Gasteiger charge is 2.68. The summed E-state index contributed by atoms with van der Waals surface area (Å²) in [6, 6.07) is 27.7. The molecule has 1 saturated heterocycles. The van der Waals surface area contributed by atoms with Crippen molar-refractivity contribution in [2.24, 2.45) is 12.5 Å². The Morgan fingerprint density at radius 3 is 2.00 bits per heavy atom. The lowest BCUT2D eigenvalue weighted by Gasteiger charge is -2.54. The van der Waals surface area contributed by atoms with Crippen molar-refractivity contribution in [1.29, 1.82) is 0 Å². The van der Waals surface area contributed by atoms with Crippen molar-refractivity contribution in [2.45, 2.75) is 60.9 Å². The van der Waals surface area contributed by atoms with E-state index in [1.807, 2.05) is 66.7 Å². The zero-order chi connectivity index (χ0) is 36.0. The maximum atomic E-state index is 15.0. The maximum absolute atomic E-state index is 15.0. The van der Waals surface area contributed by atoms with Gasteiger partial charge >= 0.3 is 11.4 Å². The van der Waals surface area contributed by atoms with Crippen LogP contribution in [0.4, 0.5) is 0 Å². The Balaban J connectivity index is 1.50. The number of thioether (sulfide) groups is 1. The molecule has 2 aliphatic heterocycles. The molecule has 13 heteroatoms. The fourth-order valence-electron chi connectivity index (χ4n) is 6.30. The zero-order valence-corrected chi connectivity index (χ0v) is 30.2. The molecule has 4 aromatic rings. The first-order valence-electron chi connectivity index (χ1n) is 16.0. The Morgan fingerprint density at radius 2 is 1.48 bits per heavy atom. The molecule has 3 aromatic carbocycles. The fourth-order valence-corrected chi connectivity index (χ4v) is 10.7. The van der Waals surface area contributed by atoms with Gasteiger partial charge < -0.3 is 9.47 Å². The van der Waals surface area contributed by atoms with Gasteiger partial charge in [0.2, 0.25) is 0 Å². The number of sulfone groups is 1. The number of hydrogen-bond acceptors (Lipinski definition) is 10. The van der Waals surface area contributed by atoms with E-state index in [4.69, 9.17) is 9.47 Å². The van der Waals surface area contributed by atoms with Crippen molar-refractivity contribution in [3.8, 4) is 5.88 Å². The number of aryl methyl sites for hydroxylation is 1. The third-order valence-corrected chi connectivity index (χ3v) is 13.7. The van der Waals surface area contributed by atoms with Crippen LogP contribution in [0.5, 0.6) is 5.88 Å². The number of carbonyl (C=O) groups excluding carboxylic acids is 2. The van der Waals surface area contributed by atoms with Crippen LogP contribution in [0.2, 0.25) is 0 Å². The number of amides is 1. The second-order valence-electron chi connectivity index (χ2n) is 13.3. The normalized spacial score (nSPS) is 21.5. The predicted octanol–water partition coefficient (Wildman–Crippen LogP) is 4.88. The van der Waals surface area contributed by atoms with Crippen LogP contribution in [0.25, 0.3) is 0 Å². The third kappa shape index (κ3) is 5.96. The van der Waals surface area contributed by atoms with Crippen molar-refractivity contribution >= 4 is 33.3 Å². The van der Waals surface area contributed by atoms with Gasteiger partial charge in [-0.3, -0.25) is 19.3 Å². The molecule has 11 nitrogen and oxygen atoms in total. The Labute approximate surface area is 295 Å². The molecule has 3 atom stereocenters. The highest BCUT2D eigenvalue weighted by molar-refractivity contribution is 8.15. The van der Waals surface area contributed by atoms with E-state index in [-0.39, 0.29) is 28.7 Å². The van der Waals surface area contributed by atoms with Crippen LogP contribution in [0.3, 0.4) is 0 Å². The van der Waals surface area contributed by atoms with E-state index >= 15 is 0 Å². The van der Waals surface area contributed by atoms with Crippen molar-refractivity contribution in [3.05, 3.63) is 129 Å². The van der Waals surface area contributed by atoms with E-state index < -0.39 is 54.2 Å². The van der Waals surface area contributed by atoms with Gasteiger partial charge in [0, 0.05) is 26.0 Å². The van der Waals surface area contributed by atoms with E-state index in [1.165, 1.54) is 11.8 Å². The summed E-state index contributed by atoms with van der Waals surface area (Å²) in [5, 5.41) is 2.97. The zero-order valence-electron chi connectivity index (χ0n) is 28.6. The van der Waals surface area contributed by atoms with Crippen LogP contribution in [0.1, 0.15) is 50.5 Å². The highest BCUT2D eigenvalue weighted by atomic mass is 32.3. The molecule has 1 amide bonds. The lowest BCUT2D eigenvalue weighted by atomic mass is 9.84. The van der Waals surface area contributed by atoms with Crippen LogP contribution in [0.15, 0.2) is 112 Å². The SMILES string of the molecule is CO[C@H]1C(=O)N2C(C(=O)C(C)(C)C)=C(C)C(Cc3ccccc3)(Sc3nc(=O)c(OC(c4ccccc4)c4ccccc4)nn3C)S(=O)(=O)[C@@H]12. The number of fused-ring (bicyclic) bond motifs is 1. The number of aromatic nitrogens is 3. The van der Waals surface area contributed by atoms with E-state index in [2.05, 4.69) is 10.1 Å². The number of allylic oxidation sites excluding steroid dienone is 1. The number of ketones is 1. The largest absolute Gasteiger partial charge is 0.460 e. The molecule has 1 aromatic heterocycles. The van der Waals surface area contributed by atoms with Gasteiger partial charge in [-0.1, -0.05) is 124 Å². The van der Waals surface area contributed by atoms with Crippen LogP contribution in [-0.2, 0) is 37.6 Å². The van der Waals surface area contributed by atoms with Crippen molar-refractivity contribution < 1.29 is 27.5 Å². The molecule has 2 aliphatic rings. The van der Waals surface area contributed by atoms with Gasteiger partial charge in [0.25, 0.3) is 5.91 Å². The second-order valence-corrected chi connectivity index (χ2v) is 17.1. The molecule has 1 unspecified atom stereocenters. The first kappa shape index (κ1) is 35.2.